The van der Waals surface area contributed by atoms with E-state index in [-0.39, 0.29) is 11.8 Å². The molecule has 112 valence electrons. The van der Waals surface area contributed by atoms with Crippen molar-refractivity contribution in [3.63, 3.8) is 0 Å². The molecule has 0 aliphatic carbocycles. The summed E-state index contributed by atoms with van der Waals surface area (Å²) in [5, 5.41) is 4.67. The number of hydrogen-bond acceptors (Lipinski definition) is 3. The van der Waals surface area contributed by atoms with Crippen LogP contribution in [0.5, 0.6) is 0 Å². The molecular formula is C14H19Cl2NO2S. The minimum Gasteiger partial charge on any atom is -0.313 e. The van der Waals surface area contributed by atoms with Gasteiger partial charge in [-0.05, 0) is 49.9 Å². The van der Waals surface area contributed by atoms with Gasteiger partial charge in [-0.2, -0.15) is 0 Å². The molecule has 1 N–H and O–H groups in total. The molecule has 20 heavy (non-hydrogen) atoms. The zero-order valence-corrected chi connectivity index (χ0v) is 13.6. The molecule has 1 aromatic rings. The summed E-state index contributed by atoms with van der Waals surface area (Å²) in [6.07, 6.45) is 3.50. The topological polar surface area (TPSA) is 46.2 Å². The standard InChI is InChI=1S/C14H19Cl2NO2S/c15-12-6-5-11(14(16)9-12)3-1-7-17-13-4-2-8-20(18,19)10-13/h5-6,9,13,17H,1-4,7-8,10H2/t13-/m0/s1. The van der Waals surface area contributed by atoms with Gasteiger partial charge in [0.05, 0.1) is 11.5 Å². The van der Waals surface area contributed by atoms with Crippen LogP contribution < -0.4 is 5.32 Å². The number of hydrogen-bond donors (Lipinski definition) is 1. The second kappa shape index (κ2) is 7.12. The molecule has 0 saturated carbocycles. The Bertz CT molecular complexity index is 560. The third-order valence-electron chi connectivity index (χ3n) is 3.53. The van der Waals surface area contributed by atoms with Gasteiger partial charge in [0.2, 0.25) is 0 Å². The summed E-state index contributed by atoms with van der Waals surface area (Å²) in [4.78, 5) is 0. The van der Waals surface area contributed by atoms with Crippen molar-refractivity contribution in [1.82, 2.24) is 5.32 Å². The van der Waals surface area contributed by atoms with Crippen LogP contribution in [0.4, 0.5) is 0 Å². The number of nitrogens with one attached hydrogen (secondary N) is 1. The Balaban J connectivity index is 1.74. The molecule has 1 atom stereocenters. The molecule has 0 radical (unpaired) electrons. The first-order valence-corrected chi connectivity index (χ1v) is 9.42. The predicted octanol–water partition coefficient (Wildman–Crippen LogP) is 3.09. The van der Waals surface area contributed by atoms with Crippen LogP contribution in [-0.4, -0.2) is 32.5 Å². The molecule has 0 unspecified atom stereocenters. The number of halogens is 2. The van der Waals surface area contributed by atoms with Crippen LogP contribution in [0.15, 0.2) is 18.2 Å². The normalized spacial score (nSPS) is 21.8. The van der Waals surface area contributed by atoms with Crippen molar-refractivity contribution in [2.45, 2.75) is 31.7 Å². The van der Waals surface area contributed by atoms with E-state index in [2.05, 4.69) is 5.32 Å². The average molecular weight is 336 g/mol. The highest BCUT2D eigenvalue weighted by atomic mass is 35.5. The Kier molecular flexibility index (Phi) is 5.73. The van der Waals surface area contributed by atoms with Crippen LogP contribution in [0.3, 0.4) is 0 Å². The Morgan fingerprint density at radius 2 is 2.10 bits per heavy atom. The van der Waals surface area contributed by atoms with Crippen molar-refractivity contribution in [3.05, 3.63) is 33.8 Å². The van der Waals surface area contributed by atoms with E-state index in [4.69, 9.17) is 23.2 Å². The third kappa shape index (κ3) is 4.92. The molecule has 1 aliphatic rings. The van der Waals surface area contributed by atoms with Crippen molar-refractivity contribution in [3.8, 4) is 0 Å². The second-order valence-electron chi connectivity index (χ2n) is 5.25. The van der Waals surface area contributed by atoms with Crippen molar-refractivity contribution in [2.24, 2.45) is 0 Å². The van der Waals surface area contributed by atoms with Gasteiger partial charge in [-0.25, -0.2) is 8.42 Å². The van der Waals surface area contributed by atoms with Gasteiger partial charge in [0, 0.05) is 16.1 Å². The van der Waals surface area contributed by atoms with E-state index in [1.54, 1.807) is 6.07 Å². The fourth-order valence-corrected chi connectivity index (χ4v) is 4.67. The highest BCUT2D eigenvalue weighted by Gasteiger charge is 2.23. The van der Waals surface area contributed by atoms with Gasteiger partial charge in [0.15, 0.2) is 9.84 Å². The summed E-state index contributed by atoms with van der Waals surface area (Å²) in [5.74, 6) is 0.611. The fourth-order valence-electron chi connectivity index (χ4n) is 2.49. The Labute approximate surface area is 130 Å². The largest absolute Gasteiger partial charge is 0.313 e. The number of aryl methyl sites for hydroxylation is 1. The zero-order chi connectivity index (χ0) is 14.6. The monoisotopic (exact) mass is 335 g/mol. The molecule has 0 aromatic heterocycles. The van der Waals surface area contributed by atoms with Gasteiger partial charge < -0.3 is 5.32 Å². The van der Waals surface area contributed by atoms with Crippen LogP contribution >= 0.6 is 23.2 Å². The first kappa shape index (κ1) is 16.1. The van der Waals surface area contributed by atoms with Crippen LogP contribution in [0.1, 0.15) is 24.8 Å². The van der Waals surface area contributed by atoms with Crippen LogP contribution in [0.2, 0.25) is 10.0 Å². The van der Waals surface area contributed by atoms with Crippen molar-refractivity contribution in [2.75, 3.05) is 18.1 Å². The summed E-state index contributed by atoms with van der Waals surface area (Å²) in [6.45, 7) is 0.805. The highest BCUT2D eigenvalue weighted by Crippen LogP contribution is 2.22. The summed E-state index contributed by atoms with van der Waals surface area (Å²) in [5.41, 5.74) is 1.08. The van der Waals surface area contributed by atoms with Crippen molar-refractivity contribution in [1.29, 1.82) is 0 Å². The summed E-state index contributed by atoms with van der Waals surface area (Å²) in [7, 11) is -2.83. The molecule has 3 nitrogen and oxygen atoms in total. The minimum absolute atomic E-state index is 0.106. The second-order valence-corrected chi connectivity index (χ2v) is 8.32. The van der Waals surface area contributed by atoms with Crippen LogP contribution in [0.25, 0.3) is 0 Å². The Morgan fingerprint density at radius 3 is 2.80 bits per heavy atom. The van der Waals surface area contributed by atoms with E-state index in [9.17, 15) is 8.42 Å². The summed E-state index contributed by atoms with van der Waals surface area (Å²) in [6, 6.07) is 5.63. The molecule has 1 aromatic carbocycles. The van der Waals surface area contributed by atoms with Gasteiger partial charge in [0.1, 0.15) is 0 Å². The maximum absolute atomic E-state index is 11.5. The molecule has 1 fully saturated rings. The first-order chi connectivity index (χ1) is 9.46. The van der Waals surface area contributed by atoms with Crippen molar-refractivity contribution < 1.29 is 8.42 Å². The molecule has 0 amide bonds. The van der Waals surface area contributed by atoms with E-state index < -0.39 is 9.84 Å². The minimum atomic E-state index is -2.83. The van der Waals surface area contributed by atoms with E-state index in [1.807, 2.05) is 12.1 Å². The lowest BCUT2D eigenvalue weighted by molar-refractivity contribution is 0.476. The number of benzene rings is 1. The average Bonchev–Trinajstić information content (AvgIpc) is 2.35. The quantitative estimate of drug-likeness (QED) is 0.841. The first-order valence-electron chi connectivity index (χ1n) is 6.84. The Hall–Kier alpha value is -0.290. The van der Waals surface area contributed by atoms with Crippen molar-refractivity contribution >= 4 is 33.0 Å². The summed E-state index contributed by atoms with van der Waals surface area (Å²) < 4.78 is 23.0. The summed E-state index contributed by atoms with van der Waals surface area (Å²) >= 11 is 12.0. The molecule has 0 bridgehead atoms. The fraction of sp³-hybridized carbons (Fsp3) is 0.571. The van der Waals surface area contributed by atoms with E-state index in [0.29, 0.717) is 15.8 Å². The number of sulfone groups is 1. The van der Waals surface area contributed by atoms with E-state index in [0.717, 1.165) is 37.8 Å². The lowest BCUT2D eigenvalue weighted by atomic mass is 10.1. The smallest absolute Gasteiger partial charge is 0.151 e. The van der Waals surface area contributed by atoms with Gasteiger partial charge in [0.25, 0.3) is 0 Å². The van der Waals surface area contributed by atoms with Gasteiger partial charge in [-0.1, -0.05) is 29.3 Å². The molecule has 0 spiro atoms. The lowest BCUT2D eigenvalue weighted by Crippen LogP contribution is -2.40. The molecule has 1 heterocycles. The van der Waals surface area contributed by atoms with Gasteiger partial charge >= 0.3 is 0 Å². The maximum atomic E-state index is 11.5. The lowest BCUT2D eigenvalue weighted by Gasteiger charge is -2.23. The molecular weight excluding hydrogens is 317 g/mol. The molecule has 1 saturated heterocycles. The van der Waals surface area contributed by atoms with E-state index >= 15 is 0 Å². The highest BCUT2D eigenvalue weighted by molar-refractivity contribution is 7.91. The molecule has 6 heteroatoms. The molecule has 1 aliphatic heterocycles. The third-order valence-corrected chi connectivity index (χ3v) is 5.94. The zero-order valence-electron chi connectivity index (χ0n) is 11.2. The van der Waals surface area contributed by atoms with Gasteiger partial charge in [-0.15, -0.1) is 0 Å². The molecule has 2 rings (SSSR count). The predicted molar refractivity (Wildman–Crippen MR) is 84.5 cm³/mol. The SMILES string of the molecule is O=S1(=O)CCC[C@H](NCCCc2ccc(Cl)cc2Cl)C1. The Morgan fingerprint density at radius 1 is 1.30 bits per heavy atom. The van der Waals surface area contributed by atoms with Crippen LogP contribution in [-0.2, 0) is 16.3 Å². The van der Waals surface area contributed by atoms with Gasteiger partial charge in [-0.3, -0.25) is 0 Å². The van der Waals surface area contributed by atoms with Crippen LogP contribution in [0, 0.1) is 0 Å². The maximum Gasteiger partial charge on any atom is 0.151 e. The van der Waals surface area contributed by atoms with E-state index in [1.165, 1.54) is 0 Å². The number of rotatable bonds is 5.